The predicted octanol–water partition coefficient (Wildman–Crippen LogP) is 2.90. The van der Waals surface area contributed by atoms with Crippen molar-refractivity contribution in [1.82, 2.24) is 4.90 Å². The molecule has 5 nitrogen and oxygen atoms in total. The summed E-state index contributed by atoms with van der Waals surface area (Å²) in [7, 11) is 0. The number of carbonyl (C=O) groups is 1. The Labute approximate surface area is 139 Å². The molecule has 1 amide bonds. The Morgan fingerprint density at radius 1 is 1.36 bits per heavy atom. The van der Waals surface area contributed by atoms with Crippen LogP contribution in [0.2, 0.25) is 0 Å². The minimum absolute atomic E-state index is 0.142. The zero-order valence-corrected chi connectivity index (χ0v) is 14.7. The van der Waals surface area contributed by atoms with Crippen molar-refractivity contribution in [3.63, 3.8) is 0 Å². The number of β-amino-alcohol motifs (C(OH)–C–C–N with tert-alkyl or cyclic N) is 1. The first-order valence-corrected chi connectivity index (χ1v) is 8.03. The molecule has 1 unspecified atom stereocenters. The van der Waals surface area contributed by atoms with Crippen LogP contribution in [0, 0.1) is 0 Å². The van der Waals surface area contributed by atoms with Gasteiger partial charge < -0.3 is 19.5 Å². The molecule has 122 valence electrons. The third kappa shape index (κ3) is 4.44. The summed E-state index contributed by atoms with van der Waals surface area (Å²) < 4.78 is 11.8. The summed E-state index contributed by atoms with van der Waals surface area (Å²) in [6.07, 6.45) is -0.437. The van der Waals surface area contributed by atoms with Crippen molar-refractivity contribution in [2.45, 2.75) is 32.0 Å². The van der Waals surface area contributed by atoms with Crippen LogP contribution in [0.15, 0.2) is 28.7 Å². The molecule has 1 atom stereocenters. The highest BCUT2D eigenvalue weighted by Gasteiger charge is 2.37. The molecule has 1 aliphatic heterocycles. The number of hydrogen-bond acceptors (Lipinski definition) is 4. The molecule has 0 spiro atoms. The molecule has 1 aromatic rings. The van der Waals surface area contributed by atoms with Crippen LogP contribution in [0.1, 0.15) is 26.3 Å². The monoisotopic (exact) mass is 371 g/mol. The van der Waals surface area contributed by atoms with Crippen LogP contribution in [-0.2, 0) is 15.1 Å². The highest BCUT2D eigenvalue weighted by atomic mass is 79.9. The second-order valence-electron chi connectivity index (χ2n) is 6.49. The van der Waals surface area contributed by atoms with Gasteiger partial charge >= 0.3 is 6.09 Å². The normalized spacial score (nSPS) is 23.0. The first kappa shape index (κ1) is 17.2. The number of halogens is 1. The molecule has 1 heterocycles. The Hall–Kier alpha value is -1.11. The molecule has 1 N–H and O–H groups in total. The Bertz CT molecular complexity index is 526. The summed E-state index contributed by atoms with van der Waals surface area (Å²) in [6.45, 7) is 6.52. The average molecular weight is 372 g/mol. The lowest BCUT2D eigenvalue weighted by molar-refractivity contribution is -0.0443. The minimum Gasteiger partial charge on any atom is -0.444 e. The van der Waals surface area contributed by atoms with Gasteiger partial charge in [-0.05, 0) is 38.5 Å². The van der Waals surface area contributed by atoms with Crippen LogP contribution < -0.4 is 0 Å². The Kier molecular flexibility index (Phi) is 5.14. The molecule has 6 heteroatoms. The smallest absolute Gasteiger partial charge is 0.410 e. The number of hydrogen-bond donors (Lipinski definition) is 1. The minimum atomic E-state index is -1.24. The van der Waals surface area contributed by atoms with E-state index in [-0.39, 0.29) is 13.2 Å². The highest BCUT2D eigenvalue weighted by Crippen LogP contribution is 2.27. The van der Waals surface area contributed by atoms with Crippen LogP contribution >= 0.6 is 15.9 Å². The number of ether oxygens (including phenoxy) is 2. The van der Waals surface area contributed by atoms with E-state index in [0.29, 0.717) is 18.7 Å². The summed E-state index contributed by atoms with van der Waals surface area (Å²) in [5, 5.41) is 10.9. The maximum Gasteiger partial charge on any atom is 0.410 e. The third-order valence-electron chi connectivity index (χ3n) is 3.33. The Morgan fingerprint density at radius 2 is 2.00 bits per heavy atom. The highest BCUT2D eigenvalue weighted by molar-refractivity contribution is 9.10. The lowest BCUT2D eigenvalue weighted by Gasteiger charge is -2.32. The Balaban J connectivity index is 2.18. The molecule has 0 aliphatic carbocycles. The van der Waals surface area contributed by atoms with Crippen molar-refractivity contribution in [2.24, 2.45) is 0 Å². The van der Waals surface area contributed by atoms with Gasteiger partial charge in [-0.3, -0.25) is 0 Å². The molecule has 0 saturated carbocycles. The lowest BCUT2D eigenvalue weighted by Crippen LogP contribution is -2.46. The van der Waals surface area contributed by atoms with Crippen molar-refractivity contribution in [2.75, 3.05) is 26.3 Å². The fraction of sp³-hybridized carbons (Fsp3) is 0.562. The molecule has 1 aliphatic rings. The van der Waals surface area contributed by atoms with Crippen molar-refractivity contribution in [1.29, 1.82) is 0 Å². The fourth-order valence-corrected chi connectivity index (χ4v) is 2.54. The molecule has 1 aromatic carbocycles. The molecule has 2 rings (SSSR count). The number of benzene rings is 1. The molecule has 0 aromatic heterocycles. The maximum absolute atomic E-state index is 12.3. The van der Waals surface area contributed by atoms with Gasteiger partial charge in [-0.15, -0.1) is 0 Å². The van der Waals surface area contributed by atoms with Crippen molar-refractivity contribution < 1.29 is 19.4 Å². The van der Waals surface area contributed by atoms with Crippen molar-refractivity contribution in [3.8, 4) is 0 Å². The number of amides is 1. The van der Waals surface area contributed by atoms with Crippen molar-refractivity contribution >= 4 is 22.0 Å². The first-order chi connectivity index (χ1) is 10.2. The van der Waals surface area contributed by atoms with Gasteiger partial charge in [0.1, 0.15) is 11.2 Å². The zero-order chi connectivity index (χ0) is 16.4. The summed E-state index contributed by atoms with van der Waals surface area (Å²) >= 11 is 3.37. The predicted molar refractivity (Wildman–Crippen MR) is 86.7 cm³/mol. The third-order valence-corrected chi connectivity index (χ3v) is 3.86. The molecule has 0 radical (unpaired) electrons. The standard InChI is InChI=1S/C16H22BrNO4/c1-15(2,3)22-14(19)18-8-9-21-11-16(20,10-18)12-4-6-13(17)7-5-12/h4-7,20H,8-11H2,1-3H3. The van der Waals surface area contributed by atoms with Gasteiger partial charge in [-0.25, -0.2) is 4.79 Å². The zero-order valence-electron chi connectivity index (χ0n) is 13.1. The van der Waals surface area contributed by atoms with Gasteiger partial charge in [0.2, 0.25) is 0 Å². The topological polar surface area (TPSA) is 59.0 Å². The summed E-state index contributed by atoms with van der Waals surface area (Å²) in [4.78, 5) is 13.8. The number of carbonyl (C=O) groups excluding carboxylic acids is 1. The number of rotatable bonds is 1. The van der Waals surface area contributed by atoms with E-state index < -0.39 is 17.3 Å². The van der Waals surface area contributed by atoms with E-state index in [2.05, 4.69) is 15.9 Å². The molecular formula is C16H22BrNO4. The lowest BCUT2D eigenvalue weighted by atomic mass is 9.94. The van der Waals surface area contributed by atoms with Gasteiger partial charge in [-0.1, -0.05) is 28.1 Å². The first-order valence-electron chi connectivity index (χ1n) is 7.24. The van der Waals surface area contributed by atoms with E-state index in [1.165, 1.54) is 4.90 Å². The van der Waals surface area contributed by atoms with Gasteiger partial charge in [0, 0.05) is 11.0 Å². The van der Waals surface area contributed by atoms with E-state index in [1.807, 2.05) is 45.0 Å². The summed E-state index contributed by atoms with van der Waals surface area (Å²) in [6, 6.07) is 7.37. The van der Waals surface area contributed by atoms with Crippen LogP contribution in [0.4, 0.5) is 4.79 Å². The van der Waals surface area contributed by atoms with E-state index in [4.69, 9.17) is 9.47 Å². The summed E-state index contributed by atoms with van der Waals surface area (Å²) in [5.41, 5.74) is -1.10. The number of nitrogens with zero attached hydrogens (tertiary/aromatic N) is 1. The largest absolute Gasteiger partial charge is 0.444 e. The van der Waals surface area contributed by atoms with Crippen LogP contribution in [0.5, 0.6) is 0 Å². The molecule has 1 saturated heterocycles. The van der Waals surface area contributed by atoms with Crippen LogP contribution in [0.25, 0.3) is 0 Å². The second kappa shape index (κ2) is 6.56. The molecule has 22 heavy (non-hydrogen) atoms. The van der Waals surface area contributed by atoms with Crippen LogP contribution in [-0.4, -0.2) is 48.0 Å². The summed E-state index contributed by atoms with van der Waals surface area (Å²) in [5.74, 6) is 0. The van der Waals surface area contributed by atoms with E-state index in [0.717, 1.165) is 4.47 Å². The van der Waals surface area contributed by atoms with Crippen LogP contribution in [0.3, 0.4) is 0 Å². The van der Waals surface area contributed by atoms with Gasteiger partial charge in [0.15, 0.2) is 0 Å². The maximum atomic E-state index is 12.3. The molecule has 0 bridgehead atoms. The van der Waals surface area contributed by atoms with Gasteiger partial charge in [0.05, 0.1) is 19.8 Å². The second-order valence-corrected chi connectivity index (χ2v) is 7.41. The Morgan fingerprint density at radius 3 is 2.59 bits per heavy atom. The van der Waals surface area contributed by atoms with E-state index >= 15 is 0 Å². The van der Waals surface area contributed by atoms with E-state index in [9.17, 15) is 9.90 Å². The van der Waals surface area contributed by atoms with E-state index in [1.54, 1.807) is 0 Å². The SMILES string of the molecule is CC(C)(C)OC(=O)N1CCOCC(O)(c2ccc(Br)cc2)C1. The van der Waals surface area contributed by atoms with Crippen molar-refractivity contribution in [3.05, 3.63) is 34.3 Å². The average Bonchev–Trinajstić information content (AvgIpc) is 2.60. The van der Waals surface area contributed by atoms with Gasteiger partial charge in [-0.2, -0.15) is 0 Å². The molecule has 1 fully saturated rings. The quantitative estimate of drug-likeness (QED) is 0.824. The fourth-order valence-electron chi connectivity index (χ4n) is 2.27. The molecular weight excluding hydrogens is 350 g/mol. The number of aliphatic hydroxyl groups is 1. The van der Waals surface area contributed by atoms with Gasteiger partial charge in [0.25, 0.3) is 0 Å².